The van der Waals surface area contributed by atoms with Gasteiger partial charge in [0.05, 0.1) is 11.6 Å². The lowest BCUT2D eigenvalue weighted by Gasteiger charge is -2.38. The number of piperidine rings is 1. The van der Waals surface area contributed by atoms with Crippen LogP contribution in [0.5, 0.6) is 0 Å². The Hall–Kier alpha value is -2.94. The minimum absolute atomic E-state index is 0.129. The summed E-state index contributed by atoms with van der Waals surface area (Å²) in [5, 5.41) is 0. The lowest BCUT2D eigenvalue weighted by Crippen LogP contribution is -2.51. The van der Waals surface area contributed by atoms with Crippen molar-refractivity contribution >= 4 is 11.8 Å². The smallest absolute Gasteiger partial charge is 0.257 e. The molecule has 2 aromatic rings. The van der Waals surface area contributed by atoms with Crippen LogP contribution in [0.2, 0.25) is 0 Å². The van der Waals surface area contributed by atoms with Crippen LogP contribution in [0.3, 0.4) is 0 Å². The van der Waals surface area contributed by atoms with Crippen molar-refractivity contribution in [3.05, 3.63) is 70.8 Å². The minimum atomic E-state index is -1.20. The lowest BCUT2D eigenvalue weighted by molar-refractivity contribution is -0.148. The fourth-order valence-electron chi connectivity index (χ4n) is 5.43. The number of fused-ring (bicyclic) bond motifs is 1. The number of amides is 2. The molecule has 0 unspecified atom stereocenters. The van der Waals surface area contributed by atoms with Gasteiger partial charge in [0.2, 0.25) is 0 Å². The predicted octanol–water partition coefficient (Wildman–Crippen LogP) is 4.33. The van der Waals surface area contributed by atoms with Gasteiger partial charge in [-0.3, -0.25) is 9.59 Å². The molecule has 174 valence electrons. The maximum absolute atomic E-state index is 14.1. The van der Waals surface area contributed by atoms with E-state index in [4.69, 9.17) is 4.74 Å². The van der Waals surface area contributed by atoms with Gasteiger partial charge in [-0.05, 0) is 49.6 Å². The van der Waals surface area contributed by atoms with E-state index in [0.717, 1.165) is 12.1 Å². The van der Waals surface area contributed by atoms with Crippen molar-refractivity contribution in [2.45, 2.75) is 50.0 Å². The predicted molar refractivity (Wildman–Crippen MR) is 109 cm³/mol. The third kappa shape index (κ3) is 3.40. The molecule has 2 atom stereocenters. The monoisotopic (exact) mass is 462 g/mol. The maximum atomic E-state index is 14.1. The molecule has 0 N–H and O–H groups in total. The van der Waals surface area contributed by atoms with Crippen molar-refractivity contribution in [2.75, 3.05) is 13.1 Å². The number of carbonyl (C=O) groups is 2. The Labute approximate surface area is 187 Å². The van der Waals surface area contributed by atoms with E-state index in [1.54, 1.807) is 11.8 Å². The van der Waals surface area contributed by atoms with Gasteiger partial charge >= 0.3 is 0 Å². The zero-order chi connectivity index (χ0) is 23.5. The van der Waals surface area contributed by atoms with Gasteiger partial charge in [0.1, 0.15) is 17.4 Å². The average molecular weight is 462 g/mol. The number of likely N-dealkylation sites (tertiary alicyclic amines) is 1. The topological polar surface area (TPSA) is 49.9 Å². The molecule has 1 spiro atoms. The highest BCUT2D eigenvalue weighted by molar-refractivity contribution is 5.95. The van der Waals surface area contributed by atoms with Crippen molar-refractivity contribution in [1.29, 1.82) is 0 Å². The number of rotatable bonds is 2. The SMILES string of the molecule is C[C@@]12CC[C@@H](c3cc(F)cc(F)c3)N1C(=O)C1(CCN(C(=O)c3cccc(F)c3F)CC1)O2. The second-order valence-corrected chi connectivity index (χ2v) is 9.10. The number of halogens is 4. The van der Waals surface area contributed by atoms with Gasteiger partial charge < -0.3 is 14.5 Å². The molecule has 3 aliphatic heterocycles. The number of hydrogen-bond acceptors (Lipinski definition) is 3. The van der Waals surface area contributed by atoms with Gasteiger partial charge in [-0.25, -0.2) is 17.6 Å². The summed E-state index contributed by atoms with van der Waals surface area (Å²) in [5.41, 5.74) is -2.08. The maximum Gasteiger partial charge on any atom is 0.257 e. The summed E-state index contributed by atoms with van der Waals surface area (Å²) in [5.74, 6) is -4.64. The normalized spacial score (nSPS) is 26.2. The zero-order valence-corrected chi connectivity index (χ0v) is 17.9. The molecule has 3 aliphatic rings. The fraction of sp³-hybridized carbons (Fsp3) is 0.417. The molecular weight excluding hydrogens is 440 g/mol. The van der Waals surface area contributed by atoms with Crippen LogP contribution in [0.4, 0.5) is 17.6 Å². The van der Waals surface area contributed by atoms with E-state index in [9.17, 15) is 27.2 Å². The summed E-state index contributed by atoms with van der Waals surface area (Å²) in [4.78, 5) is 29.3. The van der Waals surface area contributed by atoms with E-state index < -0.39 is 46.5 Å². The molecule has 3 heterocycles. The Morgan fingerprint density at radius 2 is 1.70 bits per heavy atom. The van der Waals surface area contributed by atoms with Crippen LogP contribution in [-0.2, 0) is 9.53 Å². The van der Waals surface area contributed by atoms with Crippen molar-refractivity contribution in [2.24, 2.45) is 0 Å². The summed E-state index contributed by atoms with van der Waals surface area (Å²) in [6.07, 6.45) is 1.38. The molecule has 2 aromatic carbocycles. The highest BCUT2D eigenvalue weighted by Gasteiger charge is 2.63. The zero-order valence-electron chi connectivity index (χ0n) is 17.9. The quantitative estimate of drug-likeness (QED) is 0.625. The lowest BCUT2D eigenvalue weighted by atomic mass is 9.89. The first-order valence-corrected chi connectivity index (χ1v) is 10.9. The highest BCUT2D eigenvalue weighted by Crippen LogP contribution is 2.53. The molecule has 0 aliphatic carbocycles. The third-order valence-electron chi connectivity index (χ3n) is 7.04. The molecule has 0 radical (unpaired) electrons. The van der Waals surface area contributed by atoms with Crippen LogP contribution < -0.4 is 0 Å². The van der Waals surface area contributed by atoms with Crippen LogP contribution >= 0.6 is 0 Å². The minimum Gasteiger partial charge on any atom is -0.339 e. The van der Waals surface area contributed by atoms with E-state index in [1.807, 2.05) is 0 Å². The Morgan fingerprint density at radius 1 is 1.03 bits per heavy atom. The summed E-state index contributed by atoms with van der Waals surface area (Å²) >= 11 is 0. The summed E-state index contributed by atoms with van der Waals surface area (Å²) in [6, 6.07) is 6.16. The molecule has 33 heavy (non-hydrogen) atoms. The van der Waals surface area contributed by atoms with E-state index in [0.29, 0.717) is 18.4 Å². The average Bonchev–Trinajstić information content (AvgIpc) is 3.20. The van der Waals surface area contributed by atoms with E-state index >= 15 is 0 Å². The van der Waals surface area contributed by atoms with Crippen molar-refractivity contribution < 1.29 is 31.9 Å². The van der Waals surface area contributed by atoms with Crippen molar-refractivity contribution in [1.82, 2.24) is 9.80 Å². The molecule has 3 saturated heterocycles. The molecular formula is C24H22F4N2O3. The van der Waals surface area contributed by atoms with Crippen molar-refractivity contribution in [3.63, 3.8) is 0 Å². The molecule has 2 amide bonds. The van der Waals surface area contributed by atoms with Crippen LogP contribution in [0, 0.1) is 23.3 Å². The largest absolute Gasteiger partial charge is 0.339 e. The van der Waals surface area contributed by atoms with Gasteiger partial charge in [-0.1, -0.05) is 6.07 Å². The Bertz CT molecular complexity index is 1130. The second kappa shape index (κ2) is 7.55. The first-order chi connectivity index (χ1) is 15.6. The molecule has 9 heteroatoms. The highest BCUT2D eigenvalue weighted by atomic mass is 19.2. The number of benzene rings is 2. The van der Waals surface area contributed by atoms with Crippen molar-refractivity contribution in [3.8, 4) is 0 Å². The number of ether oxygens (including phenoxy) is 1. The molecule has 0 aromatic heterocycles. The number of hydrogen-bond donors (Lipinski definition) is 0. The van der Waals surface area contributed by atoms with Gasteiger partial charge in [0.15, 0.2) is 17.2 Å². The summed E-state index contributed by atoms with van der Waals surface area (Å²) < 4.78 is 61.6. The Kier molecular flexibility index (Phi) is 5.00. The first kappa shape index (κ1) is 21.9. The number of carbonyl (C=O) groups excluding carboxylic acids is 2. The standard InChI is InChI=1S/C24H22F4N2O3/c1-23-6-5-19(14-11-15(25)13-16(26)12-14)30(23)22(32)24(33-23)7-9-29(10-8-24)21(31)17-3-2-4-18(27)20(17)28/h2-4,11-13,19H,5-10H2,1H3/t19-,23+/m0/s1. The molecule has 3 fully saturated rings. The third-order valence-corrected chi connectivity index (χ3v) is 7.04. The van der Waals surface area contributed by atoms with Crippen LogP contribution in [0.15, 0.2) is 36.4 Å². The van der Waals surface area contributed by atoms with Gasteiger partial charge in [-0.2, -0.15) is 0 Å². The van der Waals surface area contributed by atoms with Gasteiger partial charge in [0.25, 0.3) is 11.8 Å². The second-order valence-electron chi connectivity index (χ2n) is 9.10. The van der Waals surface area contributed by atoms with Gasteiger partial charge in [0, 0.05) is 32.0 Å². The summed E-state index contributed by atoms with van der Waals surface area (Å²) in [6.45, 7) is 2.04. The van der Waals surface area contributed by atoms with E-state index in [-0.39, 0.29) is 37.4 Å². The number of nitrogens with zero attached hydrogens (tertiary/aromatic N) is 2. The molecule has 0 bridgehead atoms. The van der Waals surface area contributed by atoms with E-state index in [2.05, 4.69) is 0 Å². The van der Waals surface area contributed by atoms with Crippen LogP contribution in [-0.4, -0.2) is 46.0 Å². The van der Waals surface area contributed by atoms with Crippen LogP contribution in [0.25, 0.3) is 0 Å². The molecule has 5 nitrogen and oxygen atoms in total. The Balaban J connectivity index is 1.36. The van der Waals surface area contributed by atoms with E-state index in [1.165, 1.54) is 29.2 Å². The van der Waals surface area contributed by atoms with Crippen LogP contribution in [0.1, 0.15) is 54.6 Å². The Morgan fingerprint density at radius 3 is 2.36 bits per heavy atom. The summed E-state index contributed by atoms with van der Waals surface area (Å²) in [7, 11) is 0. The molecule has 5 rings (SSSR count). The fourth-order valence-corrected chi connectivity index (χ4v) is 5.43. The first-order valence-electron chi connectivity index (χ1n) is 10.9. The molecule has 0 saturated carbocycles. The van der Waals surface area contributed by atoms with Gasteiger partial charge in [-0.15, -0.1) is 0 Å².